The lowest BCUT2D eigenvalue weighted by Crippen LogP contribution is -2.31. The van der Waals surface area contributed by atoms with Crippen LogP contribution in [0.15, 0.2) is 72.8 Å². The van der Waals surface area contributed by atoms with Gasteiger partial charge in [-0.15, -0.1) is 0 Å². The molecule has 1 aliphatic carbocycles. The quantitative estimate of drug-likeness (QED) is 0.0155. The summed E-state index contributed by atoms with van der Waals surface area (Å²) in [5.74, 6) is -0.638. The Balaban J connectivity index is 1.34. The van der Waals surface area contributed by atoms with E-state index in [0.717, 1.165) is 57.5 Å². The van der Waals surface area contributed by atoms with Gasteiger partial charge in [0.25, 0.3) is 0 Å². The van der Waals surface area contributed by atoms with Crippen molar-refractivity contribution in [1.29, 1.82) is 0 Å². The minimum atomic E-state index is -1.12. The van der Waals surface area contributed by atoms with E-state index in [9.17, 15) is 9.59 Å². The fourth-order valence-corrected chi connectivity index (χ4v) is 9.17. The van der Waals surface area contributed by atoms with E-state index in [1.54, 1.807) is 27.0 Å². The van der Waals surface area contributed by atoms with Crippen LogP contribution in [0.1, 0.15) is 123 Å². The first-order valence-electron chi connectivity index (χ1n) is 29.3. The molecule has 0 saturated heterocycles. The number of benzene rings is 4. The Morgan fingerprint density at radius 2 is 0.747 bits per heavy atom. The van der Waals surface area contributed by atoms with Crippen molar-refractivity contribution in [3.8, 4) is 22.6 Å². The molecule has 0 aliphatic heterocycles. The first kappa shape index (κ1) is 68.7. The van der Waals surface area contributed by atoms with Gasteiger partial charge >= 0.3 is 11.9 Å². The molecule has 18 nitrogen and oxygen atoms in total. The maximum atomic E-state index is 14.2. The van der Waals surface area contributed by atoms with Crippen LogP contribution in [-0.2, 0) is 82.7 Å². The number of carbonyl (C=O) groups is 2. The first-order valence-corrected chi connectivity index (χ1v) is 29.3. The molecule has 0 bridgehead atoms. The molecule has 0 amide bonds. The predicted octanol–water partition coefficient (Wildman–Crippen LogP) is 9.91. The van der Waals surface area contributed by atoms with Crippen LogP contribution < -0.4 is 9.62 Å². The van der Waals surface area contributed by atoms with Crippen LogP contribution in [0.25, 0.3) is 11.1 Å². The predicted molar refractivity (Wildman–Crippen MR) is 315 cm³/mol. The molecule has 18 heteroatoms. The lowest BCUT2D eigenvalue weighted by molar-refractivity contribution is -0.215. The van der Waals surface area contributed by atoms with Crippen molar-refractivity contribution in [1.82, 2.24) is 0 Å². The van der Waals surface area contributed by atoms with Crippen molar-refractivity contribution in [3.05, 3.63) is 117 Å². The third-order valence-electron chi connectivity index (χ3n) is 13.4. The highest BCUT2D eigenvalue weighted by molar-refractivity contribution is 5.96. The minimum absolute atomic E-state index is 0.0690. The highest BCUT2D eigenvalue weighted by atomic mass is 17.2. The maximum absolute atomic E-state index is 14.2. The summed E-state index contributed by atoms with van der Waals surface area (Å²) in [7, 11) is 1.64. The fraction of sp³-hybridized carbons (Fsp3) is 0.600. The molecule has 0 heterocycles. The molecule has 0 saturated carbocycles. The van der Waals surface area contributed by atoms with Gasteiger partial charge in [-0.2, -0.15) is 4.89 Å². The van der Waals surface area contributed by atoms with E-state index in [1.807, 2.05) is 30.3 Å². The van der Waals surface area contributed by atoms with Gasteiger partial charge in [0.15, 0.2) is 5.75 Å². The van der Waals surface area contributed by atoms with Gasteiger partial charge in [0, 0.05) is 13.7 Å². The summed E-state index contributed by atoms with van der Waals surface area (Å²) in [6, 6.07) is 24.4. The van der Waals surface area contributed by atoms with Crippen LogP contribution >= 0.6 is 0 Å². The van der Waals surface area contributed by atoms with Crippen molar-refractivity contribution in [2.75, 3.05) is 172 Å². The summed E-state index contributed by atoms with van der Waals surface area (Å²) in [4.78, 5) is 39.9. The molecular weight excluding hydrogens is 1070 g/mol. The maximum Gasteiger partial charge on any atom is 0.342 e. The zero-order valence-corrected chi connectivity index (χ0v) is 51.2. The van der Waals surface area contributed by atoms with Crippen LogP contribution in [-0.4, -0.2) is 184 Å². The van der Waals surface area contributed by atoms with E-state index in [2.05, 4.69) is 84.9 Å². The number of esters is 2. The zero-order chi connectivity index (χ0) is 59.8. The minimum Gasteiger partial charge on any atom is -0.490 e. The van der Waals surface area contributed by atoms with E-state index in [1.165, 1.54) is 0 Å². The van der Waals surface area contributed by atoms with Gasteiger partial charge in [0.1, 0.15) is 30.1 Å². The van der Waals surface area contributed by atoms with Crippen LogP contribution in [0.2, 0.25) is 0 Å². The number of rotatable bonds is 44. The van der Waals surface area contributed by atoms with Crippen molar-refractivity contribution >= 4 is 11.9 Å². The molecule has 0 aromatic heterocycles. The summed E-state index contributed by atoms with van der Waals surface area (Å²) in [5, 5.41) is 0. The average molecular weight is 1160 g/mol. The van der Waals surface area contributed by atoms with Gasteiger partial charge in [-0.3, -0.25) is 0 Å². The Bertz CT molecular complexity index is 2330. The van der Waals surface area contributed by atoms with E-state index in [0.29, 0.717) is 125 Å². The molecule has 0 spiro atoms. The van der Waals surface area contributed by atoms with Crippen LogP contribution in [0.5, 0.6) is 11.5 Å². The Labute approximate surface area is 493 Å². The topological polar surface area (TPSA) is 182 Å². The van der Waals surface area contributed by atoms with Crippen molar-refractivity contribution in [2.45, 2.75) is 85.0 Å². The molecule has 4 aromatic carbocycles. The SMILES string of the molecule is CCCOCCOCCOCCOCCOCCOOc1ccc(C2(c3ccc(OCCOCCOCCOCCOCCOCCOC)c(C(=O)OCC)c3)c3cc(C(C)(C)C)ccc3-c3ccc(C(C)(C)C)cc32)cc1C(=O)OCC. The summed E-state index contributed by atoms with van der Waals surface area (Å²) in [6.45, 7) is 28.7. The van der Waals surface area contributed by atoms with Gasteiger partial charge in [-0.25, -0.2) is 9.59 Å². The van der Waals surface area contributed by atoms with Crippen LogP contribution in [0.4, 0.5) is 0 Å². The molecule has 462 valence electrons. The Hall–Kier alpha value is -5.06. The normalized spacial score (nSPS) is 12.8. The standard InChI is InChI=1S/C65H94O18/c1-11-22-69-25-26-71-29-30-73-34-36-76-38-40-78-42-44-82-83-60-21-17-52(46-56(60)62(67)80-13-3)65(57-47-49(63(4,5)6)14-18-53(57)54-19-15-50(48-58(54)65)64(7,8)9)51-16-20-59(55(45-51)61(66)79-12-2)81-43-41-77-39-37-75-35-33-74-32-31-72-28-27-70-24-23-68-10/h14-21,45-48H,11-13,22-44H2,1-10H3. The van der Waals surface area contributed by atoms with E-state index in [-0.39, 0.29) is 67.3 Å². The van der Waals surface area contributed by atoms with Crippen LogP contribution in [0, 0.1) is 0 Å². The Morgan fingerprint density at radius 3 is 1.12 bits per heavy atom. The van der Waals surface area contributed by atoms with Gasteiger partial charge in [0.05, 0.1) is 151 Å². The number of ether oxygens (including phenoxy) is 14. The number of carbonyl (C=O) groups excluding carboxylic acids is 2. The number of hydrogen-bond donors (Lipinski definition) is 0. The molecular formula is C65H94O18. The van der Waals surface area contributed by atoms with E-state index < -0.39 is 17.4 Å². The van der Waals surface area contributed by atoms with Gasteiger partial charge < -0.3 is 71.2 Å². The van der Waals surface area contributed by atoms with Crippen LogP contribution in [0.3, 0.4) is 0 Å². The highest BCUT2D eigenvalue weighted by Crippen LogP contribution is 2.58. The lowest BCUT2D eigenvalue weighted by Gasteiger charge is -2.36. The summed E-state index contributed by atoms with van der Waals surface area (Å²) in [5.41, 5.74) is 6.48. The van der Waals surface area contributed by atoms with Crippen molar-refractivity contribution in [3.63, 3.8) is 0 Å². The monoisotopic (exact) mass is 1160 g/mol. The third kappa shape index (κ3) is 21.8. The second kappa shape index (κ2) is 37.4. The smallest absolute Gasteiger partial charge is 0.342 e. The van der Waals surface area contributed by atoms with Crippen molar-refractivity contribution < 1.29 is 85.7 Å². The molecule has 0 atom stereocenters. The van der Waals surface area contributed by atoms with Gasteiger partial charge in [-0.1, -0.05) is 97.0 Å². The second-order valence-corrected chi connectivity index (χ2v) is 21.5. The summed E-state index contributed by atoms with van der Waals surface area (Å²) in [6.07, 6.45) is 0.987. The molecule has 1 aliphatic rings. The number of fused-ring (bicyclic) bond motifs is 3. The van der Waals surface area contributed by atoms with Crippen molar-refractivity contribution in [2.24, 2.45) is 0 Å². The number of hydrogen-bond acceptors (Lipinski definition) is 18. The van der Waals surface area contributed by atoms with E-state index in [4.69, 9.17) is 76.1 Å². The second-order valence-electron chi connectivity index (χ2n) is 21.5. The Kier molecular flexibility index (Phi) is 31.0. The molecule has 0 radical (unpaired) electrons. The third-order valence-corrected chi connectivity index (χ3v) is 13.4. The largest absolute Gasteiger partial charge is 0.490 e. The highest BCUT2D eigenvalue weighted by Gasteiger charge is 2.48. The molecule has 0 fully saturated rings. The molecule has 0 N–H and O–H groups in total. The zero-order valence-electron chi connectivity index (χ0n) is 51.2. The number of methoxy groups -OCH3 is 1. The molecule has 5 rings (SSSR count). The summed E-state index contributed by atoms with van der Waals surface area (Å²) >= 11 is 0. The van der Waals surface area contributed by atoms with E-state index >= 15 is 0 Å². The van der Waals surface area contributed by atoms with Gasteiger partial charge in [0.2, 0.25) is 0 Å². The fourth-order valence-electron chi connectivity index (χ4n) is 9.17. The average Bonchev–Trinajstić information content (AvgIpc) is 4.00. The molecule has 4 aromatic rings. The first-order chi connectivity index (χ1) is 40.2. The lowest BCUT2D eigenvalue weighted by atomic mass is 9.66. The Morgan fingerprint density at radius 1 is 0.398 bits per heavy atom. The molecule has 83 heavy (non-hydrogen) atoms. The summed E-state index contributed by atoms with van der Waals surface area (Å²) < 4.78 is 78.6. The molecule has 0 unspecified atom stereocenters. The van der Waals surface area contributed by atoms with Gasteiger partial charge in [-0.05, 0) is 99.9 Å².